The fourth-order valence-electron chi connectivity index (χ4n) is 5.01. The van der Waals surface area contributed by atoms with Gasteiger partial charge in [0.25, 0.3) is 11.8 Å². The van der Waals surface area contributed by atoms with Crippen LogP contribution in [-0.4, -0.2) is 44.4 Å². The van der Waals surface area contributed by atoms with Crippen LogP contribution in [0.3, 0.4) is 0 Å². The van der Waals surface area contributed by atoms with Crippen LogP contribution in [0, 0.1) is 0 Å². The zero-order valence-corrected chi connectivity index (χ0v) is 23.7. The summed E-state index contributed by atoms with van der Waals surface area (Å²) in [4.78, 5) is 30.9. The topological polar surface area (TPSA) is 126 Å². The van der Waals surface area contributed by atoms with Crippen molar-refractivity contribution < 1.29 is 22.7 Å². The molecule has 2 aliphatic heterocycles. The maximum atomic E-state index is 13.2. The lowest BCUT2D eigenvalue weighted by Gasteiger charge is -2.11. The summed E-state index contributed by atoms with van der Waals surface area (Å²) < 4.78 is 32.2. The fraction of sp³-hybridized carbons (Fsp3) is 0.233. The van der Waals surface area contributed by atoms with E-state index in [9.17, 15) is 18.0 Å². The number of sulfone groups is 1. The Morgan fingerprint density at radius 3 is 2.71 bits per heavy atom. The molecule has 41 heavy (non-hydrogen) atoms. The molecule has 2 amide bonds. The number of benzene rings is 3. The number of thiazole rings is 1. The van der Waals surface area contributed by atoms with Gasteiger partial charge in [-0.2, -0.15) is 0 Å². The lowest BCUT2D eigenvalue weighted by Crippen LogP contribution is -2.23. The highest BCUT2D eigenvalue weighted by Crippen LogP contribution is 2.34. The maximum absolute atomic E-state index is 13.2. The fourth-order valence-corrected chi connectivity index (χ4v) is 7.46. The smallest absolute Gasteiger partial charge is 0.257 e. The van der Waals surface area contributed by atoms with Gasteiger partial charge in [-0.25, -0.2) is 13.4 Å². The summed E-state index contributed by atoms with van der Waals surface area (Å²) in [5, 5.41) is 9.79. The number of nitrogens with one attached hydrogen (secondary N) is 3. The molecule has 3 heterocycles. The standard InChI is InChI=1S/C30H28N4O5S2/c35-28(20-9-12-27-25(16-20)34-29(36)24-5-1-2-6-26(24)41(27,37)38)32-17-23-18-33-30(40-23)19-7-10-22(11-8-19)39-15-13-21-4-3-14-31-21/h1-2,5-12,16,18,21,31H,3-4,13-15,17H2,(H,32,35)(H,34,36)/t21-/m0/s1. The van der Waals surface area contributed by atoms with E-state index in [-0.39, 0.29) is 33.2 Å². The van der Waals surface area contributed by atoms with Crippen molar-refractivity contribution in [2.75, 3.05) is 18.5 Å². The molecule has 210 valence electrons. The third-order valence-corrected chi connectivity index (χ3v) is 10.1. The largest absolute Gasteiger partial charge is 0.494 e. The Morgan fingerprint density at radius 2 is 1.90 bits per heavy atom. The Kier molecular flexibility index (Phi) is 7.57. The second kappa shape index (κ2) is 11.4. The molecule has 3 N–H and O–H groups in total. The molecule has 9 nitrogen and oxygen atoms in total. The van der Waals surface area contributed by atoms with Crippen molar-refractivity contribution in [1.29, 1.82) is 0 Å². The molecular weight excluding hydrogens is 560 g/mol. The number of hydrogen-bond donors (Lipinski definition) is 3. The third kappa shape index (κ3) is 5.74. The number of fused-ring (bicyclic) bond motifs is 2. The molecular formula is C30H28N4O5S2. The molecule has 2 aliphatic rings. The number of aromatic nitrogens is 1. The monoisotopic (exact) mass is 588 g/mol. The molecule has 6 rings (SSSR count). The van der Waals surface area contributed by atoms with Gasteiger partial charge >= 0.3 is 0 Å². The van der Waals surface area contributed by atoms with Crippen LogP contribution in [0.2, 0.25) is 0 Å². The third-order valence-electron chi connectivity index (χ3n) is 7.18. The van der Waals surface area contributed by atoms with Crippen molar-refractivity contribution >= 4 is 38.7 Å². The number of rotatable bonds is 8. The normalized spacial score (nSPS) is 17.2. The van der Waals surface area contributed by atoms with Crippen LogP contribution >= 0.6 is 11.3 Å². The Balaban J connectivity index is 1.08. The number of ether oxygens (including phenoxy) is 1. The van der Waals surface area contributed by atoms with Gasteiger partial charge < -0.3 is 20.7 Å². The molecule has 11 heteroatoms. The van der Waals surface area contributed by atoms with E-state index < -0.39 is 21.7 Å². The number of carbonyl (C=O) groups is 2. The number of anilines is 1. The lowest BCUT2D eigenvalue weighted by atomic mass is 10.1. The van der Waals surface area contributed by atoms with E-state index in [1.807, 2.05) is 24.3 Å². The Morgan fingerprint density at radius 1 is 1.07 bits per heavy atom. The van der Waals surface area contributed by atoms with Crippen LogP contribution in [-0.2, 0) is 16.4 Å². The van der Waals surface area contributed by atoms with E-state index in [0.29, 0.717) is 12.6 Å². The first-order valence-corrected chi connectivity index (χ1v) is 15.7. The summed E-state index contributed by atoms with van der Waals surface area (Å²) in [7, 11) is -3.94. The van der Waals surface area contributed by atoms with Crippen molar-refractivity contribution in [1.82, 2.24) is 15.6 Å². The van der Waals surface area contributed by atoms with E-state index in [1.165, 1.54) is 54.5 Å². The predicted octanol–water partition coefficient (Wildman–Crippen LogP) is 4.66. The molecule has 0 radical (unpaired) electrons. The molecule has 1 fully saturated rings. The van der Waals surface area contributed by atoms with E-state index in [1.54, 1.807) is 18.3 Å². The van der Waals surface area contributed by atoms with Crippen molar-refractivity contribution in [3.8, 4) is 16.3 Å². The number of carbonyl (C=O) groups excluding carboxylic acids is 2. The summed E-state index contributed by atoms with van der Waals surface area (Å²) in [6, 6.07) is 18.6. The SMILES string of the molecule is O=C(NCc1cnc(-c2ccc(OCC[C@@H]3CCCN3)cc2)s1)c1ccc2c(c1)NC(=O)c1ccccc1S2(=O)=O. The molecule has 0 saturated carbocycles. The first-order chi connectivity index (χ1) is 19.9. The van der Waals surface area contributed by atoms with Crippen LogP contribution in [0.15, 0.2) is 82.7 Å². The second-order valence-corrected chi connectivity index (χ2v) is 12.9. The minimum atomic E-state index is -3.94. The predicted molar refractivity (Wildman–Crippen MR) is 156 cm³/mol. The van der Waals surface area contributed by atoms with Crippen LogP contribution in [0.1, 0.15) is 44.9 Å². The Labute approximate surface area is 241 Å². The van der Waals surface area contributed by atoms with E-state index >= 15 is 0 Å². The summed E-state index contributed by atoms with van der Waals surface area (Å²) in [6.45, 7) is 2.02. The summed E-state index contributed by atoms with van der Waals surface area (Å²) in [6.07, 6.45) is 5.16. The quantitative estimate of drug-likeness (QED) is 0.273. The molecule has 1 atom stereocenters. The first-order valence-electron chi connectivity index (χ1n) is 13.4. The maximum Gasteiger partial charge on any atom is 0.257 e. The Hall–Kier alpha value is -4.06. The average Bonchev–Trinajstić information content (AvgIpc) is 3.67. The van der Waals surface area contributed by atoms with Gasteiger partial charge in [0.05, 0.1) is 34.2 Å². The molecule has 0 unspecified atom stereocenters. The molecule has 1 aromatic heterocycles. The van der Waals surface area contributed by atoms with Crippen LogP contribution in [0.5, 0.6) is 5.75 Å². The van der Waals surface area contributed by atoms with Crippen LogP contribution < -0.4 is 20.7 Å². The van der Waals surface area contributed by atoms with Gasteiger partial charge in [-0.05, 0) is 80.4 Å². The minimum Gasteiger partial charge on any atom is -0.494 e. The molecule has 4 aromatic rings. The molecule has 3 aromatic carbocycles. The van der Waals surface area contributed by atoms with Crippen molar-refractivity contribution in [2.45, 2.75) is 41.6 Å². The summed E-state index contributed by atoms with van der Waals surface area (Å²) in [5.74, 6) is -0.117. The van der Waals surface area contributed by atoms with Crippen molar-refractivity contribution in [2.24, 2.45) is 0 Å². The number of nitrogens with zero attached hydrogens (tertiary/aromatic N) is 1. The molecule has 0 spiro atoms. The Bertz CT molecular complexity index is 1710. The zero-order chi connectivity index (χ0) is 28.4. The molecule has 1 saturated heterocycles. The summed E-state index contributed by atoms with van der Waals surface area (Å²) in [5.41, 5.74) is 1.33. The van der Waals surface area contributed by atoms with Gasteiger partial charge in [0, 0.05) is 28.2 Å². The highest BCUT2D eigenvalue weighted by atomic mass is 32.2. The van der Waals surface area contributed by atoms with Gasteiger partial charge in [-0.1, -0.05) is 12.1 Å². The van der Waals surface area contributed by atoms with Gasteiger partial charge in [0.15, 0.2) is 0 Å². The first kappa shape index (κ1) is 27.1. The van der Waals surface area contributed by atoms with Gasteiger partial charge in [-0.3, -0.25) is 9.59 Å². The molecule has 0 bridgehead atoms. The highest BCUT2D eigenvalue weighted by molar-refractivity contribution is 7.91. The second-order valence-electron chi connectivity index (χ2n) is 9.93. The lowest BCUT2D eigenvalue weighted by molar-refractivity contribution is 0.0949. The van der Waals surface area contributed by atoms with Crippen LogP contribution in [0.25, 0.3) is 10.6 Å². The van der Waals surface area contributed by atoms with Gasteiger partial charge in [-0.15, -0.1) is 11.3 Å². The van der Waals surface area contributed by atoms with Crippen molar-refractivity contribution in [3.05, 3.63) is 88.9 Å². The molecule has 0 aliphatic carbocycles. The zero-order valence-electron chi connectivity index (χ0n) is 22.1. The minimum absolute atomic E-state index is 0.0540. The number of amides is 2. The van der Waals surface area contributed by atoms with Crippen molar-refractivity contribution in [3.63, 3.8) is 0 Å². The average molecular weight is 589 g/mol. The highest BCUT2D eigenvalue weighted by Gasteiger charge is 2.31. The summed E-state index contributed by atoms with van der Waals surface area (Å²) >= 11 is 1.47. The van der Waals surface area contributed by atoms with E-state index in [0.717, 1.165) is 34.2 Å². The number of hydrogen-bond acceptors (Lipinski definition) is 8. The van der Waals surface area contributed by atoms with Crippen LogP contribution in [0.4, 0.5) is 5.69 Å². The van der Waals surface area contributed by atoms with E-state index in [4.69, 9.17) is 4.74 Å². The van der Waals surface area contributed by atoms with Gasteiger partial charge in [0.2, 0.25) is 9.84 Å². The van der Waals surface area contributed by atoms with E-state index in [2.05, 4.69) is 20.9 Å². The van der Waals surface area contributed by atoms with Gasteiger partial charge in [0.1, 0.15) is 10.8 Å².